The van der Waals surface area contributed by atoms with Gasteiger partial charge in [0.05, 0.1) is 12.1 Å². The maximum Gasteiger partial charge on any atom is 0.238 e. The van der Waals surface area contributed by atoms with Crippen LogP contribution < -0.4 is 16.5 Å². The Labute approximate surface area is 180 Å². The second-order valence-electron chi connectivity index (χ2n) is 7.76. The van der Waals surface area contributed by atoms with Crippen molar-refractivity contribution in [3.8, 4) is 11.4 Å². The molecule has 2 heterocycles. The van der Waals surface area contributed by atoms with Gasteiger partial charge in [-0.25, -0.2) is 4.98 Å². The van der Waals surface area contributed by atoms with Crippen molar-refractivity contribution in [1.82, 2.24) is 25.0 Å². The summed E-state index contributed by atoms with van der Waals surface area (Å²) in [5.41, 5.74) is 10.3. The van der Waals surface area contributed by atoms with Gasteiger partial charge in [0, 0.05) is 48.7 Å². The molecule has 0 aliphatic carbocycles. The van der Waals surface area contributed by atoms with Gasteiger partial charge >= 0.3 is 0 Å². The van der Waals surface area contributed by atoms with Crippen LogP contribution in [-0.2, 0) is 4.79 Å². The Balaban J connectivity index is 1.47. The van der Waals surface area contributed by atoms with Gasteiger partial charge in [-0.2, -0.15) is 5.10 Å². The Kier molecular flexibility index (Phi) is 6.06. The standard InChI is InChI=1S/C22H26N8O/c1-29-7-9-30(10-8-29)13-20(31)27-17-4-2-3-15(11-17)21(24)18-12-16(5-6-19(18)23)22-25-14-26-28-22/h2-6,11-12,14,24H,7-10,13,23H2,1H3,(H,27,31)(H,25,26,28)/p+1. The van der Waals surface area contributed by atoms with Crippen LogP contribution in [0.4, 0.5) is 11.4 Å². The van der Waals surface area contributed by atoms with Crippen molar-refractivity contribution in [3.05, 3.63) is 59.9 Å². The van der Waals surface area contributed by atoms with E-state index in [1.54, 1.807) is 6.07 Å². The first-order valence-electron chi connectivity index (χ1n) is 10.2. The minimum absolute atomic E-state index is 0.0351. The summed E-state index contributed by atoms with van der Waals surface area (Å²) in [6.07, 6.45) is 1.45. The first-order chi connectivity index (χ1) is 15.0. The monoisotopic (exact) mass is 419 g/mol. The number of nitrogens with one attached hydrogen (secondary N) is 2. The van der Waals surface area contributed by atoms with Crippen molar-refractivity contribution in [3.63, 3.8) is 0 Å². The average molecular weight is 420 g/mol. The van der Waals surface area contributed by atoms with Gasteiger partial charge in [0.15, 0.2) is 5.82 Å². The molecule has 9 heteroatoms. The summed E-state index contributed by atoms with van der Waals surface area (Å²) in [4.78, 5) is 21.1. The molecule has 1 aliphatic heterocycles. The third-order valence-electron chi connectivity index (χ3n) is 5.45. The molecule has 1 saturated heterocycles. The lowest BCUT2D eigenvalue weighted by atomic mass is 9.98. The number of anilines is 2. The lowest BCUT2D eigenvalue weighted by Gasteiger charge is -2.31. The number of hydrogen-bond donors (Lipinski definition) is 4. The van der Waals surface area contributed by atoms with Crippen LogP contribution in [0.2, 0.25) is 0 Å². The summed E-state index contributed by atoms with van der Waals surface area (Å²) >= 11 is 0. The van der Waals surface area contributed by atoms with Crippen LogP contribution in [0.15, 0.2) is 48.8 Å². The van der Waals surface area contributed by atoms with Gasteiger partial charge in [0.2, 0.25) is 11.6 Å². The molecule has 160 valence electrons. The Hall–Kier alpha value is -3.56. The Morgan fingerprint density at radius 2 is 2.00 bits per heavy atom. The highest BCUT2D eigenvalue weighted by molar-refractivity contribution is 6.13. The molecule has 1 aliphatic rings. The predicted octanol–water partition coefficient (Wildman–Crippen LogP) is -0.164. The first kappa shape index (κ1) is 20.7. The van der Waals surface area contributed by atoms with Crippen LogP contribution in [0.3, 0.4) is 0 Å². The van der Waals surface area contributed by atoms with Crippen molar-refractivity contribution in [2.24, 2.45) is 0 Å². The molecular weight excluding hydrogens is 392 g/mol. The molecule has 1 aromatic heterocycles. The van der Waals surface area contributed by atoms with Crippen LogP contribution in [0.5, 0.6) is 0 Å². The van der Waals surface area contributed by atoms with E-state index in [2.05, 4.69) is 37.3 Å². The number of hydrogen-bond acceptors (Lipinski definition) is 6. The molecule has 2 aromatic carbocycles. The molecule has 6 N–H and O–H groups in total. The van der Waals surface area contributed by atoms with E-state index in [0.717, 1.165) is 37.3 Å². The van der Waals surface area contributed by atoms with Crippen LogP contribution in [-0.4, -0.2) is 76.4 Å². The maximum atomic E-state index is 12.5. The minimum atomic E-state index is -0.0351. The topological polar surface area (TPSA) is 129 Å². The quantitative estimate of drug-likeness (QED) is 0.325. The van der Waals surface area contributed by atoms with E-state index in [4.69, 9.17) is 11.1 Å². The molecule has 0 unspecified atom stereocenters. The number of carbonyl (C=O) groups excluding carboxylic acids is 1. The van der Waals surface area contributed by atoms with E-state index in [0.29, 0.717) is 35.0 Å². The number of aromatic nitrogens is 3. The molecule has 0 saturated carbocycles. The van der Waals surface area contributed by atoms with Crippen molar-refractivity contribution in [2.45, 2.75) is 0 Å². The second kappa shape index (κ2) is 9.07. The summed E-state index contributed by atoms with van der Waals surface area (Å²) in [5, 5.41) is 16.2. The van der Waals surface area contributed by atoms with E-state index in [-0.39, 0.29) is 5.91 Å². The number of H-pyrrole nitrogens is 1. The van der Waals surface area contributed by atoms with Crippen molar-refractivity contribution >= 4 is 23.0 Å². The van der Waals surface area contributed by atoms with Gasteiger partial charge in [-0.05, 0) is 43.4 Å². The number of amides is 1. The van der Waals surface area contributed by atoms with Crippen molar-refractivity contribution < 1.29 is 10.2 Å². The zero-order chi connectivity index (χ0) is 21.8. The molecular formula is C22H27N8O+. The lowest BCUT2D eigenvalue weighted by molar-refractivity contribution is -0.117. The predicted molar refractivity (Wildman–Crippen MR) is 120 cm³/mol. The highest BCUT2D eigenvalue weighted by Crippen LogP contribution is 2.23. The zero-order valence-corrected chi connectivity index (χ0v) is 17.5. The zero-order valence-electron chi connectivity index (χ0n) is 17.5. The third kappa shape index (κ3) is 4.96. The smallest absolute Gasteiger partial charge is 0.238 e. The number of piperazine rings is 1. The molecule has 0 bridgehead atoms. The molecule has 9 nitrogen and oxygen atoms in total. The number of benzene rings is 2. The summed E-state index contributed by atoms with van der Waals surface area (Å²) < 4.78 is 0. The number of nitrogen functional groups attached to an aromatic ring is 1. The fourth-order valence-electron chi connectivity index (χ4n) is 3.61. The van der Waals surface area contributed by atoms with E-state index in [1.165, 1.54) is 6.33 Å². The molecule has 1 amide bonds. The number of nitrogens with zero attached hydrogens (tertiary/aromatic N) is 4. The van der Waals surface area contributed by atoms with Gasteiger partial charge in [-0.15, -0.1) is 0 Å². The summed E-state index contributed by atoms with van der Waals surface area (Å²) in [5.74, 6) is 0.603. The highest BCUT2D eigenvalue weighted by Gasteiger charge is 2.18. The number of likely N-dealkylation sites (N-methyl/N-ethyl adjacent to an activating group) is 1. The van der Waals surface area contributed by atoms with Gasteiger partial charge in [-0.3, -0.25) is 20.2 Å². The number of aromatic amines is 1. The van der Waals surface area contributed by atoms with E-state index in [9.17, 15) is 4.79 Å². The summed E-state index contributed by atoms with van der Waals surface area (Å²) in [6.45, 7) is 4.12. The summed E-state index contributed by atoms with van der Waals surface area (Å²) in [6, 6.07) is 13.0. The van der Waals surface area contributed by atoms with Gasteiger partial charge in [0.1, 0.15) is 6.33 Å². The molecule has 4 rings (SSSR count). The number of carbonyl (C=O) groups is 1. The second-order valence-corrected chi connectivity index (χ2v) is 7.76. The van der Waals surface area contributed by atoms with Crippen LogP contribution in [0.25, 0.3) is 11.4 Å². The van der Waals surface area contributed by atoms with Crippen molar-refractivity contribution in [1.29, 1.82) is 0 Å². The summed E-state index contributed by atoms with van der Waals surface area (Å²) in [7, 11) is 2.10. The minimum Gasteiger partial charge on any atom is -0.398 e. The Morgan fingerprint density at radius 1 is 1.19 bits per heavy atom. The first-order valence-corrected chi connectivity index (χ1v) is 10.2. The molecule has 31 heavy (non-hydrogen) atoms. The van der Waals surface area contributed by atoms with Crippen LogP contribution in [0.1, 0.15) is 11.1 Å². The molecule has 1 fully saturated rings. The fourth-order valence-corrected chi connectivity index (χ4v) is 3.61. The van der Waals surface area contributed by atoms with Gasteiger partial charge < -0.3 is 16.0 Å². The van der Waals surface area contributed by atoms with E-state index >= 15 is 0 Å². The van der Waals surface area contributed by atoms with Crippen molar-refractivity contribution in [2.75, 3.05) is 50.8 Å². The van der Waals surface area contributed by atoms with E-state index in [1.807, 2.05) is 36.4 Å². The molecule has 3 aromatic rings. The number of rotatable bonds is 6. The van der Waals surface area contributed by atoms with Gasteiger partial charge in [0.25, 0.3) is 0 Å². The van der Waals surface area contributed by atoms with Crippen LogP contribution >= 0.6 is 0 Å². The molecule has 0 spiro atoms. The van der Waals surface area contributed by atoms with Crippen LogP contribution in [0, 0.1) is 0 Å². The normalized spacial score (nSPS) is 15.0. The SMILES string of the molecule is CN1CCN(CC(=O)Nc2cccc(C(=[NH2+])c3cc(-c4ncn[nH]4)ccc3N)c2)CC1. The highest BCUT2D eigenvalue weighted by atomic mass is 16.2. The third-order valence-corrected chi connectivity index (χ3v) is 5.45. The Bertz CT molecular complexity index is 1070. The fraction of sp³-hybridized carbons (Fsp3) is 0.273. The van der Waals surface area contributed by atoms with E-state index < -0.39 is 0 Å². The average Bonchev–Trinajstić information content (AvgIpc) is 3.30. The van der Waals surface area contributed by atoms with Gasteiger partial charge in [-0.1, -0.05) is 6.07 Å². The Morgan fingerprint density at radius 3 is 2.74 bits per heavy atom. The maximum absolute atomic E-state index is 12.5. The molecule has 0 atom stereocenters. The largest absolute Gasteiger partial charge is 0.398 e. The lowest BCUT2D eigenvalue weighted by Crippen LogP contribution is -2.47. The number of nitrogens with two attached hydrogens (primary N) is 2. The molecule has 0 radical (unpaired) electrons.